The van der Waals surface area contributed by atoms with Gasteiger partial charge in [-0.25, -0.2) is 0 Å². The Bertz CT molecular complexity index is 715. The first kappa shape index (κ1) is 17.4. The van der Waals surface area contributed by atoms with Crippen molar-refractivity contribution < 1.29 is 9.53 Å². The second-order valence-corrected chi connectivity index (χ2v) is 6.72. The van der Waals surface area contributed by atoms with Crippen LogP contribution in [0.2, 0.25) is 0 Å². The summed E-state index contributed by atoms with van der Waals surface area (Å²) in [5.41, 5.74) is 9.61. The van der Waals surface area contributed by atoms with Crippen LogP contribution in [0.4, 0.5) is 0 Å². The minimum atomic E-state index is 0.0805. The van der Waals surface area contributed by atoms with Crippen molar-refractivity contribution in [3.05, 3.63) is 58.9 Å². The Balaban J connectivity index is 1.72. The van der Waals surface area contributed by atoms with Gasteiger partial charge in [-0.2, -0.15) is 0 Å². The molecule has 1 aliphatic rings. The lowest BCUT2D eigenvalue weighted by molar-refractivity contribution is 0.0714. The summed E-state index contributed by atoms with van der Waals surface area (Å²) in [5, 5.41) is 0. The molecule has 0 bridgehead atoms. The fourth-order valence-electron chi connectivity index (χ4n) is 3.23. The molecule has 25 heavy (non-hydrogen) atoms. The molecular formula is C20H25N3O2. The van der Waals surface area contributed by atoms with E-state index in [1.54, 1.807) is 12.4 Å². The highest BCUT2D eigenvalue weighted by atomic mass is 16.5. The van der Waals surface area contributed by atoms with Crippen LogP contribution in [-0.2, 0) is 6.61 Å². The summed E-state index contributed by atoms with van der Waals surface area (Å²) in [6, 6.07) is 7.93. The van der Waals surface area contributed by atoms with Gasteiger partial charge in [0.15, 0.2) is 0 Å². The molecule has 5 heteroatoms. The number of aromatic nitrogens is 1. The van der Waals surface area contributed by atoms with Crippen molar-refractivity contribution >= 4 is 5.91 Å². The summed E-state index contributed by atoms with van der Waals surface area (Å²) in [6.07, 6.45) is 5.28. The Labute approximate surface area is 148 Å². The first-order valence-corrected chi connectivity index (χ1v) is 8.72. The molecule has 0 radical (unpaired) electrons. The number of hydrogen-bond acceptors (Lipinski definition) is 4. The molecule has 3 rings (SSSR count). The number of likely N-dealkylation sites (tertiary alicyclic amines) is 1. The number of amides is 1. The van der Waals surface area contributed by atoms with Crippen LogP contribution in [0.15, 0.2) is 36.7 Å². The molecule has 0 aliphatic carbocycles. The molecule has 0 unspecified atom stereocenters. The number of carbonyl (C=O) groups excluding carboxylic acids is 1. The summed E-state index contributed by atoms with van der Waals surface area (Å²) < 4.78 is 5.97. The molecular weight excluding hydrogens is 314 g/mol. The Hall–Kier alpha value is -2.40. The molecule has 1 fully saturated rings. The molecule has 1 saturated heterocycles. The van der Waals surface area contributed by atoms with Gasteiger partial charge in [-0.1, -0.05) is 6.07 Å². The van der Waals surface area contributed by atoms with Crippen LogP contribution in [0.5, 0.6) is 5.75 Å². The fraction of sp³-hybridized carbons (Fsp3) is 0.400. The van der Waals surface area contributed by atoms with Crippen molar-refractivity contribution in [2.75, 3.05) is 13.1 Å². The van der Waals surface area contributed by atoms with E-state index in [2.05, 4.69) is 4.98 Å². The lowest BCUT2D eigenvalue weighted by Gasteiger charge is -2.30. The number of piperidine rings is 1. The van der Waals surface area contributed by atoms with Crippen LogP contribution in [-0.4, -0.2) is 34.9 Å². The second-order valence-electron chi connectivity index (χ2n) is 6.72. The monoisotopic (exact) mass is 339 g/mol. The van der Waals surface area contributed by atoms with E-state index in [0.717, 1.165) is 53.9 Å². The van der Waals surface area contributed by atoms with Crippen LogP contribution in [0.25, 0.3) is 0 Å². The summed E-state index contributed by atoms with van der Waals surface area (Å²) in [6.45, 7) is 5.89. The third-order valence-corrected chi connectivity index (χ3v) is 4.64. The number of nitrogens with two attached hydrogens (primary N) is 1. The van der Waals surface area contributed by atoms with Gasteiger partial charge < -0.3 is 15.4 Å². The summed E-state index contributed by atoms with van der Waals surface area (Å²) >= 11 is 0. The van der Waals surface area contributed by atoms with Crippen molar-refractivity contribution in [1.29, 1.82) is 0 Å². The topological polar surface area (TPSA) is 68.5 Å². The van der Waals surface area contributed by atoms with Crippen LogP contribution < -0.4 is 10.5 Å². The van der Waals surface area contributed by atoms with Gasteiger partial charge in [-0.05, 0) is 56.0 Å². The number of carbonyl (C=O) groups is 1. The Morgan fingerprint density at radius 2 is 1.96 bits per heavy atom. The molecule has 2 aromatic rings. The Morgan fingerprint density at radius 1 is 1.28 bits per heavy atom. The van der Waals surface area contributed by atoms with Gasteiger partial charge >= 0.3 is 0 Å². The third kappa shape index (κ3) is 4.17. The van der Waals surface area contributed by atoms with Gasteiger partial charge in [0, 0.05) is 42.7 Å². The van der Waals surface area contributed by atoms with E-state index in [1.807, 2.05) is 43.0 Å². The smallest absolute Gasteiger partial charge is 0.253 e. The van der Waals surface area contributed by atoms with Crippen LogP contribution in [0.1, 0.15) is 39.9 Å². The normalized spacial score (nSPS) is 15.2. The quantitative estimate of drug-likeness (QED) is 0.930. The van der Waals surface area contributed by atoms with Gasteiger partial charge in [0.05, 0.1) is 0 Å². The zero-order chi connectivity index (χ0) is 17.8. The number of nitrogens with zero attached hydrogens (tertiary/aromatic N) is 2. The van der Waals surface area contributed by atoms with Gasteiger partial charge in [0.25, 0.3) is 5.91 Å². The molecule has 0 spiro atoms. The van der Waals surface area contributed by atoms with E-state index in [4.69, 9.17) is 10.5 Å². The predicted octanol–water partition coefficient (Wildman–Crippen LogP) is 2.84. The lowest BCUT2D eigenvalue weighted by Crippen LogP contribution is -2.42. The highest BCUT2D eigenvalue weighted by molar-refractivity contribution is 5.95. The highest BCUT2D eigenvalue weighted by Gasteiger charge is 2.22. The van der Waals surface area contributed by atoms with Crippen molar-refractivity contribution in [2.45, 2.75) is 39.3 Å². The standard InChI is InChI=1S/C20H25N3O2/c1-14-10-17(20(24)23-8-5-18(21)6-9-23)11-15(2)19(14)25-13-16-4-3-7-22-12-16/h3-4,7,10-12,18H,5-6,8-9,13,21H2,1-2H3. The van der Waals surface area contributed by atoms with E-state index >= 15 is 0 Å². The average Bonchev–Trinajstić information content (AvgIpc) is 2.62. The summed E-state index contributed by atoms with van der Waals surface area (Å²) in [5.74, 6) is 0.915. The molecule has 1 amide bonds. The molecule has 5 nitrogen and oxygen atoms in total. The van der Waals surface area contributed by atoms with Crippen LogP contribution in [0.3, 0.4) is 0 Å². The minimum absolute atomic E-state index is 0.0805. The number of pyridine rings is 1. The Kier molecular flexibility index (Phi) is 5.34. The number of ether oxygens (including phenoxy) is 1. The molecule has 132 valence electrons. The van der Waals surface area contributed by atoms with E-state index in [-0.39, 0.29) is 11.9 Å². The zero-order valence-electron chi connectivity index (χ0n) is 14.9. The lowest BCUT2D eigenvalue weighted by atomic mass is 10.0. The first-order valence-electron chi connectivity index (χ1n) is 8.72. The molecule has 0 saturated carbocycles. The Morgan fingerprint density at radius 3 is 2.56 bits per heavy atom. The minimum Gasteiger partial charge on any atom is -0.488 e. The van der Waals surface area contributed by atoms with E-state index in [1.165, 1.54) is 0 Å². The van der Waals surface area contributed by atoms with E-state index in [0.29, 0.717) is 6.61 Å². The maximum absolute atomic E-state index is 12.7. The number of rotatable bonds is 4. The molecule has 2 N–H and O–H groups in total. The zero-order valence-corrected chi connectivity index (χ0v) is 14.9. The molecule has 0 atom stereocenters. The maximum atomic E-state index is 12.7. The van der Waals surface area contributed by atoms with E-state index in [9.17, 15) is 4.79 Å². The van der Waals surface area contributed by atoms with Crippen LogP contribution >= 0.6 is 0 Å². The third-order valence-electron chi connectivity index (χ3n) is 4.64. The summed E-state index contributed by atoms with van der Waals surface area (Å²) in [4.78, 5) is 18.7. The van der Waals surface area contributed by atoms with E-state index < -0.39 is 0 Å². The van der Waals surface area contributed by atoms with Crippen molar-refractivity contribution in [3.63, 3.8) is 0 Å². The SMILES string of the molecule is Cc1cc(C(=O)N2CCC(N)CC2)cc(C)c1OCc1cccnc1. The predicted molar refractivity (Wildman–Crippen MR) is 97.6 cm³/mol. The summed E-state index contributed by atoms with van der Waals surface area (Å²) in [7, 11) is 0. The highest BCUT2D eigenvalue weighted by Crippen LogP contribution is 2.27. The maximum Gasteiger partial charge on any atom is 0.253 e. The van der Waals surface area contributed by atoms with Gasteiger partial charge in [-0.15, -0.1) is 0 Å². The van der Waals surface area contributed by atoms with Crippen molar-refractivity contribution in [2.24, 2.45) is 5.73 Å². The fourth-order valence-corrected chi connectivity index (χ4v) is 3.23. The van der Waals surface area contributed by atoms with Crippen LogP contribution in [0, 0.1) is 13.8 Å². The molecule has 1 aromatic heterocycles. The average molecular weight is 339 g/mol. The number of aryl methyl sites for hydroxylation is 2. The second kappa shape index (κ2) is 7.66. The number of benzene rings is 1. The van der Waals surface area contributed by atoms with Gasteiger partial charge in [-0.3, -0.25) is 9.78 Å². The molecule has 2 heterocycles. The largest absolute Gasteiger partial charge is 0.488 e. The van der Waals surface area contributed by atoms with Gasteiger partial charge in [0.2, 0.25) is 0 Å². The van der Waals surface area contributed by atoms with Crippen molar-refractivity contribution in [1.82, 2.24) is 9.88 Å². The molecule has 1 aliphatic heterocycles. The van der Waals surface area contributed by atoms with Gasteiger partial charge in [0.1, 0.15) is 12.4 Å². The number of hydrogen-bond donors (Lipinski definition) is 1. The molecule has 1 aromatic carbocycles. The van der Waals surface area contributed by atoms with Crippen molar-refractivity contribution in [3.8, 4) is 5.75 Å². The first-order chi connectivity index (χ1) is 12.0.